The predicted molar refractivity (Wildman–Crippen MR) is 77.6 cm³/mol. The van der Waals surface area contributed by atoms with Gasteiger partial charge in [0.25, 0.3) is 0 Å². The number of hydrogen-bond acceptors (Lipinski definition) is 4. The van der Waals surface area contributed by atoms with Crippen LogP contribution in [-0.2, 0) is 8.85 Å². The lowest BCUT2D eigenvalue weighted by atomic mass is 9.95. The van der Waals surface area contributed by atoms with Gasteiger partial charge in [-0.05, 0) is 57.2 Å². The molecule has 3 aliphatic rings. The van der Waals surface area contributed by atoms with Gasteiger partial charge in [0, 0.05) is 13.2 Å². The van der Waals surface area contributed by atoms with Crippen LogP contribution in [0.25, 0.3) is 0 Å². The van der Waals surface area contributed by atoms with Crippen LogP contribution in [0.5, 0.6) is 0 Å². The van der Waals surface area contributed by atoms with Crippen LogP contribution in [0.1, 0.15) is 39.5 Å². The molecule has 3 rings (SSSR count). The summed E-state index contributed by atoms with van der Waals surface area (Å²) in [7, 11) is -0.405. The zero-order valence-corrected chi connectivity index (χ0v) is 13.6. The molecule has 0 aromatic rings. The number of nitrogens with zero attached hydrogens (tertiary/aromatic N) is 2. The van der Waals surface area contributed by atoms with Gasteiger partial charge in [-0.3, -0.25) is 9.13 Å². The van der Waals surface area contributed by atoms with Crippen molar-refractivity contribution >= 4 is 8.88 Å². The van der Waals surface area contributed by atoms with E-state index in [1.54, 1.807) is 0 Å². The topological polar surface area (TPSA) is 24.9 Å². The van der Waals surface area contributed by atoms with Gasteiger partial charge in [-0.15, -0.1) is 0 Å². The number of hydrogen-bond donors (Lipinski definition) is 0. The minimum absolute atomic E-state index is 0.604. The predicted octanol–water partition coefficient (Wildman–Crippen LogP) is 1.93. The molecule has 0 amide bonds. The Morgan fingerprint density at radius 3 is 2.74 bits per heavy atom. The fourth-order valence-corrected chi connectivity index (χ4v) is 7.86. The Kier molecular flexibility index (Phi) is 4.02. The molecule has 0 spiro atoms. The van der Waals surface area contributed by atoms with Crippen LogP contribution >= 0.6 is 0 Å². The quantitative estimate of drug-likeness (QED) is 0.724. The van der Waals surface area contributed by atoms with Crippen LogP contribution in [0.2, 0.25) is 0 Å². The molecule has 0 aromatic carbocycles. The van der Waals surface area contributed by atoms with E-state index in [1.807, 2.05) is 7.11 Å². The molecule has 0 bridgehead atoms. The lowest BCUT2D eigenvalue weighted by Gasteiger charge is -2.46. The average molecular weight is 284 g/mol. The van der Waals surface area contributed by atoms with Gasteiger partial charge in [0.05, 0.1) is 6.61 Å². The molecule has 110 valence electrons. The van der Waals surface area contributed by atoms with Crippen LogP contribution in [0.15, 0.2) is 0 Å². The van der Waals surface area contributed by atoms with Crippen molar-refractivity contribution in [3.63, 3.8) is 0 Å². The summed E-state index contributed by atoms with van der Waals surface area (Å²) in [6.45, 7) is 9.08. The smallest absolute Gasteiger partial charge is 0.374 e. The van der Waals surface area contributed by atoms with E-state index in [4.69, 9.17) is 8.85 Å². The van der Waals surface area contributed by atoms with E-state index in [1.165, 1.54) is 25.7 Å². The summed E-state index contributed by atoms with van der Waals surface area (Å²) in [5, 5.41) is 0. The first kappa shape index (κ1) is 14.0. The fraction of sp³-hybridized carbons (Fsp3) is 1.00. The van der Waals surface area contributed by atoms with E-state index < -0.39 is 8.88 Å². The molecular weight excluding hydrogens is 256 g/mol. The van der Waals surface area contributed by atoms with Crippen molar-refractivity contribution in [3.8, 4) is 0 Å². The second kappa shape index (κ2) is 5.45. The molecular formula is C14H28N2O2Si. The van der Waals surface area contributed by atoms with Crippen molar-refractivity contribution in [1.82, 2.24) is 9.13 Å². The highest BCUT2D eigenvalue weighted by atomic mass is 28.4. The maximum Gasteiger partial charge on any atom is 0.522 e. The van der Waals surface area contributed by atoms with Crippen molar-refractivity contribution in [3.05, 3.63) is 0 Å². The molecule has 4 unspecified atom stereocenters. The largest absolute Gasteiger partial charge is 0.522 e. The highest BCUT2D eigenvalue weighted by molar-refractivity contribution is 6.62. The third-order valence-electron chi connectivity index (χ3n) is 5.13. The molecule has 19 heavy (non-hydrogen) atoms. The number of piperidine rings is 2. The van der Waals surface area contributed by atoms with Crippen molar-refractivity contribution in [2.75, 3.05) is 33.4 Å². The lowest BCUT2D eigenvalue weighted by Crippen LogP contribution is -2.69. The van der Waals surface area contributed by atoms with E-state index in [0.717, 1.165) is 38.1 Å². The molecule has 5 heteroatoms. The van der Waals surface area contributed by atoms with Crippen molar-refractivity contribution in [2.24, 2.45) is 11.8 Å². The summed E-state index contributed by atoms with van der Waals surface area (Å²) in [5.74, 6) is 1.62. The van der Waals surface area contributed by atoms with Crippen LogP contribution in [0, 0.1) is 11.8 Å². The zero-order chi connectivity index (χ0) is 13.5. The maximum atomic E-state index is 6.34. The first-order valence-electron chi connectivity index (χ1n) is 7.86. The Morgan fingerprint density at radius 2 is 2.00 bits per heavy atom. The summed E-state index contributed by atoms with van der Waals surface area (Å²) >= 11 is 0. The highest BCUT2D eigenvalue weighted by Crippen LogP contribution is 2.36. The summed E-state index contributed by atoms with van der Waals surface area (Å²) in [4.78, 5) is 0. The molecule has 3 saturated heterocycles. The van der Waals surface area contributed by atoms with Gasteiger partial charge in [0.15, 0.2) is 0 Å². The fourth-order valence-electron chi connectivity index (χ4n) is 4.09. The second-order valence-corrected chi connectivity index (χ2v) is 9.73. The first-order chi connectivity index (χ1) is 9.15. The van der Waals surface area contributed by atoms with Crippen molar-refractivity contribution < 1.29 is 8.85 Å². The van der Waals surface area contributed by atoms with E-state index in [2.05, 4.69) is 23.0 Å². The zero-order valence-electron chi connectivity index (χ0n) is 12.6. The van der Waals surface area contributed by atoms with Gasteiger partial charge in [0.1, 0.15) is 0 Å². The normalized spacial score (nSPS) is 45.3. The standard InChI is InChI=1S/C14H28N2O2Si/c1-12-6-8-16-14(9-12)11-18-19(16,17-3)15-7-4-5-13(2)10-15/h12-14H,4-11H2,1-3H3. The van der Waals surface area contributed by atoms with Crippen LogP contribution in [-0.4, -0.2) is 57.4 Å². The minimum atomic E-state index is -2.27. The van der Waals surface area contributed by atoms with E-state index in [9.17, 15) is 0 Å². The number of fused-ring (bicyclic) bond motifs is 1. The van der Waals surface area contributed by atoms with E-state index >= 15 is 0 Å². The molecule has 3 heterocycles. The van der Waals surface area contributed by atoms with Gasteiger partial charge in [-0.1, -0.05) is 13.8 Å². The number of rotatable bonds is 2. The molecule has 0 N–H and O–H groups in total. The molecule has 3 aliphatic heterocycles. The van der Waals surface area contributed by atoms with Gasteiger partial charge in [-0.25, -0.2) is 0 Å². The highest BCUT2D eigenvalue weighted by Gasteiger charge is 2.59. The lowest BCUT2D eigenvalue weighted by molar-refractivity contribution is 0.0998. The monoisotopic (exact) mass is 284 g/mol. The Balaban J connectivity index is 1.79. The van der Waals surface area contributed by atoms with Crippen LogP contribution in [0.4, 0.5) is 0 Å². The molecule has 0 saturated carbocycles. The Morgan fingerprint density at radius 1 is 1.16 bits per heavy atom. The summed E-state index contributed by atoms with van der Waals surface area (Å²) in [6, 6.07) is 0.604. The van der Waals surface area contributed by atoms with Gasteiger partial charge in [0.2, 0.25) is 0 Å². The van der Waals surface area contributed by atoms with Gasteiger partial charge >= 0.3 is 8.88 Å². The SMILES string of the molecule is CO[Si]1(N2CCCC(C)C2)OCC2CC(C)CCN21. The van der Waals surface area contributed by atoms with Gasteiger partial charge < -0.3 is 8.85 Å². The van der Waals surface area contributed by atoms with Crippen molar-refractivity contribution in [2.45, 2.75) is 45.6 Å². The minimum Gasteiger partial charge on any atom is -0.374 e. The molecule has 3 fully saturated rings. The molecule has 0 aromatic heterocycles. The van der Waals surface area contributed by atoms with Gasteiger partial charge in [-0.2, -0.15) is 0 Å². The second-order valence-electron chi connectivity index (χ2n) is 6.73. The third-order valence-corrected chi connectivity index (χ3v) is 8.72. The van der Waals surface area contributed by atoms with Crippen LogP contribution in [0.3, 0.4) is 0 Å². The third kappa shape index (κ3) is 2.40. The molecule has 4 atom stereocenters. The van der Waals surface area contributed by atoms with Crippen molar-refractivity contribution in [1.29, 1.82) is 0 Å². The first-order valence-corrected chi connectivity index (χ1v) is 9.57. The Labute approximate surface area is 118 Å². The Bertz CT molecular complexity index is 331. The molecule has 0 radical (unpaired) electrons. The molecule has 4 nitrogen and oxygen atoms in total. The Hall–Kier alpha value is 0.0569. The van der Waals surface area contributed by atoms with E-state index in [-0.39, 0.29) is 0 Å². The van der Waals surface area contributed by atoms with Crippen LogP contribution < -0.4 is 0 Å². The summed E-state index contributed by atoms with van der Waals surface area (Å²) in [5.41, 5.74) is 0. The summed E-state index contributed by atoms with van der Waals surface area (Å²) < 4.78 is 17.6. The maximum absolute atomic E-state index is 6.34. The average Bonchev–Trinajstić information content (AvgIpc) is 2.77. The van der Waals surface area contributed by atoms with E-state index in [0.29, 0.717) is 6.04 Å². The summed E-state index contributed by atoms with van der Waals surface area (Å²) in [6.07, 6.45) is 5.21. The molecule has 0 aliphatic carbocycles.